The Kier molecular flexibility index (Phi) is 2.40. The van der Waals surface area contributed by atoms with Crippen LogP contribution in [0, 0.1) is 0 Å². The molecule has 0 atom stereocenters. The lowest BCUT2D eigenvalue weighted by atomic mass is 10.1. The van der Waals surface area contributed by atoms with Crippen molar-refractivity contribution < 1.29 is 9.53 Å². The fourth-order valence-corrected chi connectivity index (χ4v) is 0.883. The van der Waals surface area contributed by atoms with Crippen LogP contribution in [0.5, 0.6) is 0 Å². The smallest absolute Gasteiger partial charge is 0.335 e. The predicted molar refractivity (Wildman–Crippen MR) is 46.5 cm³/mol. The largest absolute Gasteiger partial charge is 0.462 e. The van der Waals surface area contributed by atoms with Gasteiger partial charge in [-0.25, -0.2) is 4.79 Å². The maximum absolute atomic E-state index is 11.0. The molecule has 3 heteroatoms. The van der Waals surface area contributed by atoms with Gasteiger partial charge in [0.2, 0.25) is 0 Å². The van der Waals surface area contributed by atoms with E-state index < -0.39 is 0 Å². The monoisotopic (exact) mass is 169 g/mol. The summed E-state index contributed by atoms with van der Waals surface area (Å²) in [4.78, 5) is 11.0. The number of hydrogen-bond acceptors (Lipinski definition) is 3. The van der Waals surface area contributed by atoms with Crippen molar-refractivity contribution in [3.8, 4) is 0 Å². The van der Waals surface area contributed by atoms with Gasteiger partial charge >= 0.3 is 5.97 Å². The number of esters is 1. The fraction of sp³-hybridized carbons (Fsp3) is 0.667. The van der Waals surface area contributed by atoms with Crippen molar-refractivity contribution in [3.63, 3.8) is 0 Å². The maximum atomic E-state index is 11.0. The molecule has 12 heavy (non-hydrogen) atoms. The first-order chi connectivity index (χ1) is 5.49. The molecule has 3 nitrogen and oxygen atoms in total. The zero-order chi connectivity index (χ0) is 9.19. The van der Waals surface area contributed by atoms with Crippen molar-refractivity contribution in [2.75, 3.05) is 6.61 Å². The van der Waals surface area contributed by atoms with E-state index in [1.54, 1.807) is 6.20 Å². The van der Waals surface area contributed by atoms with Gasteiger partial charge in [0, 0.05) is 18.2 Å². The third-order valence-electron chi connectivity index (χ3n) is 1.55. The Morgan fingerprint density at radius 3 is 2.58 bits per heavy atom. The van der Waals surface area contributed by atoms with Gasteiger partial charge in [-0.1, -0.05) is 0 Å². The van der Waals surface area contributed by atoms with Gasteiger partial charge in [-0.3, -0.25) is 0 Å². The summed E-state index contributed by atoms with van der Waals surface area (Å²) in [6.45, 7) is 6.66. The molecule has 0 amide bonds. The van der Waals surface area contributed by atoms with E-state index in [-0.39, 0.29) is 11.5 Å². The van der Waals surface area contributed by atoms with Gasteiger partial charge in [-0.05, 0) is 20.8 Å². The lowest BCUT2D eigenvalue weighted by Crippen LogP contribution is -2.31. The minimum atomic E-state index is -0.188. The third kappa shape index (κ3) is 2.57. The Morgan fingerprint density at radius 2 is 2.17 bits per heavy atom. The molecule has 0 aromatic carbocycles. The van der Waals surface area contributed by atoms with Crippen molar-refractivity contribution in [1.82, 2.24) is 5.32 Å². The molecule has 1 saturated heterocycles. The van der Waals surface area contributed by atoms with Crippen LogP contribution in [0.15, 0.2) is 11.8 Å². The first-order valence-electron chi connectivity index (χ1n) is 4.13. The summed E-state index contributed by atoms with van der Waals surface area (Å²) in [5.41, 5.74) is 0.750. The lowest BCUT2D eigenvalue weighted by Gasteiger charge is -2.18. The van der Waals surface area contributed by atoms with E-state index in [9.17, 15) is 4.79 Å². The maximum Gasteiger partial charge on any atom is 0.335 e. The molecule has 1 heterocycles. The molecule has 0 radical (unpaired) electrons. The fourth-order valence-electron chi connectivity index (χ4n) is 0.883. The van der Waals surface area contributed by atoms with Crippen LogP contribution in [0.2, 0.25) is 0 Å². The van der Waals surface area contributed by atoms with Crippen LogP contribution in [0.4, 0.5) is 0 Å². The zero-order valence-electron chi connectivity index (χ0n) is 7.81. The summed E-state index contributed by atoms with van der Waals surface area (Å²) < 4.78 is 4.78. The predicted octanol–water partition coefficient (Wildman–Crippen LogP) is 1.21. The van der Waals surface area contributed by atoms with E-state index in [1.807, 2.05) is 20.8 Å². The molecule has 1 aliphatic rings. The van der Waals surface area contributed by atoms with Crippen molar-refractivity contribution in [3.05, 3.63) is 11.8 Å². The Morgan fingerprint density at radius 1 is 1.50 bits per heavy atom. The van der Waals surface area contributed by atoms with Gasteiger partial charge in [0.1, 0.15) is 0 Å². The van der Waals surface area contributed by atoms with Gasteiger partial charge in [0.05, 0.1) is 12.2 Å². The highest BCUT2D eigenvalue weighted by Gasteiger charge is 2.19. The molecular weight excluding hydrogens is 154 g/mol. The highest BCUT2D eigenvalue weighted by atomic mass is 16.5. The quantitative estimate of drug-likeness (QED) is 0.473. The van der Waals surface area contributed by atoms with E-state index in [2.05, 4.69) is 5.32 Å². The number of carbonyl (C=O) groups is 1. The van der Waals surface area contributed by atoms with Gasteiger partial charge in [-0.2, -0.15) is 0 Å². The SMILES string of the molecule is CC(C)(C)N/C=C1\CCOC1=O. The summed E-state index contributed by atoms with van der Waals surface area (Å²) >= 11 is 0. The standard InChI is InChI=1S/C9H15NO2/c1-9(2,3)10-6-7-4-5-12-8(7)11/h6,10H,4-5H2,1-3H3/b7-6+. The number of cyclic esters (lactones) is 1. The molecule has 0 aromatic heterocycles. The van der Waals surface area contributed by atoms with Crippen molar-refractivity contribution in [2.45, 2.75) is 32.7 Å². The molecule has 1 aliphatic heterocycles. The molecule has 0 saturated carbocycles. The van der Waals surface area contributed by atoms with Crippen LogP contribution in [0.3, 0.4) is 0 Å². The topological polar surface area (TPSA) is 38.3 Å². The van der Waals surface area contributed by atoms with Gasteiger partial charge in [0.25, 0.3) is 0 Å². The number of carbonyl (C=O) groups excluding carboxylic acids is 1. The number of hydrogen-bond donors (Lipinski definition) is 1. The highest BCUT2D eigenvalue weighted by Crippen LogP contribution is 2.12. The highest BCUT2D eigenvalue weighted by molar-refractivity contribution is 5.90. The molecule has 0 spiro atoms. The number of nitrogens with one attached hydrogen (secondary N) is 1. The van der Waals surface area contributed by atoms with Crippen LogP contribution in [-0.2, 0) is 9.53 Å². The normalized spacial score (nSPS) is 21.2. The second-order valence-electron chi connectivity index (χ2n) is 3.95. The van der Waals surface area contributed by atoms with Crippen molar-refractivity contribution in [1.29, 1.82) is 0 Å². The molecule has 68 valence electrons. The third-order valence-corrected chi connectivity index (χ3v) is 1.55. The van der Waals surface area contributed by atoms with Crippen LogP contribution in [-0.4, -0.2) is 18.1 Å². The minimum absolute atomic E-state index is 0.00979. The molecule has 1 rings (SSSR count). The summed E-state index contributed by atoms with van der Waals surface area (Å²) in [6, 6.07) is 0. The first kappa shape index (κ1) is 9.10. The molecule has 1 fully saturated rings. The first-order valence-corrected chi connectivity index (χ1v) is 4.13. The van der Waals surface area contributed by atoms with Crippen molar-refractivity contribution >= 4 is 5.97 Å². The second-order valence-corrected chi connectivity index (χ2v) is 3.95. The summed E-state index contributed by atoms with van der Waals surface area (Å²) in [6.07, 6.45) is 2.48. The summed E-state index contributed by atoms with van der Waals surface area (Å²) in [5.74, 6) is -0.188. The average Bonchev–Trinajstić information content (AvgIpc) is 2.29. The van der Waals surface area contributed by atoms with Crippen LogP contribution < -0.4 is 5.32 Å². The van der Waals surface area contributed by atoms with E-state index >= 15 is 0 Å². The van der Waals surface area contributed by atoms with Gasteiger partial charge < -0.3 is 10.1 Å². The van der Waals surface area contributed by atoms with Crippen LogP contribution in [0.25, 0.3) is 0 Å². The summed E-state index contributed by atoms with van der Waals surface area (Å²) in [7, 11) is 0. The molecule has 0 bridgehead atoms. The molecule has 0 aromatic rings. The molecule has 0 aliphatic carbocycles. The Hall–Kier alpha value is -0.990. The van der Waals surface area contributed by atoms with Gasteiger partial charge in [0.15, 0.2) is 0 Å². The molecule has 1 N–H and O–H groups in total. The second kappa shape index (κ2) is 3.17. The van der Waals surface area contributed by atoms with Crippen molar-refractivity contribution in [2.24, 2.45) is 0 Å². The van der Waals surface area contributed by atoms with E-state index in [4.69, 9.17) is 4.74 Å². The Labute approximate surface area is 72.8 Å². The minimum Gasteiger partial charge on any atom is -0.462 e. The zero-order valence-corrected chi connectivity index (χ0v) is 7.81. The van der Waals surface area contributed by atoms with E-state index in [0.29, 0.717) is 6.61 Å². The average molecular weight is 169 g/mol. The molecular formula is C9H15NO2. The van der Waals surface area contributed by atoms with Gasteiger partial charge in [-0.15, -0.1) is 0 Å². The lowest BCUT2D eigenvalue weighted by molar-refractivity contribution is -0.135. The number of ether oxygens (including phenoxy) is 1. The van der Waals surface area contributed by atoms with Crippen LogP contribution in [0.1, 0.15) is 27.2 Å². The Balaban J connectivity index is 2.52. The van der Waals surface area contributed by atoms with E-state index in [0.717, 1.165) is 12.0 Å². The van der Waals surface area contributed by atoms with Crippen LogP contribution >= 0.6 is 0 Å². The van der Waals surface area contributed by atoms with E-state index in [1.165, 1.54) is 0 Å². The summed E-state index contributed by atoms with van der Waals surface area (Å²) in [5, 5.41) is 3.13. The Bertz CT molecular complexity index is 213. The number of rotatable bonds is 1. The molecule has 0 unspecified atom stereocenters.